The molecule has 0 aliphatic carbocycles. The zero-order valence-corrected chi connectivity index (χ0v) is 11.5. The largest absolute Gasteiger partial charge is 0.494 e. The first-order valence-corrected chi connectivity index (χ1v) is 6.48. The van der Waals surface area contributed by atoms with E-state index < -0.39 is 0 Å². The summed E-state index contributed by atoms with van der Waals surface area (Å²) < 4.78 is 5.91. The van der Waals surface area contributed by atoms with Gasteiger partial charge in [0.1, 0.15) is 16.0 Å². The van der Waals surface area contributed by atoms with Gasteiger partial charge in [-0.1, -0.05) is 6.92 Å². The second kappa shape index (κ2) is 5.82. The summed E-state index contributed by atoms with van der Waals surface area (Å²) in [7, 11) is 0. The number of H-pyrrole nitrogens is 1. The van der Waals surface area contributed by atoms with Gasteiger partial charge in [-0.15, -0.1) is 0 Å². The number of benzene rings is 1. The van der Waals surface area contributed by atoms with Crippen LogP contribution >= 0.6 is 15.9 Å². The van der Waals surface area contributed by atoms with E-state index in [4.69, 9.17) is 4.74 Å². The molecular formula is C13H13BrN2O2. The third-order valence-corrected chi connectivity index (χ3v) is 2.92. The van der Waals surface area contributed by atoms with Crippen molar-refractivity contribution in [2.45, 2.75) is 13.3 Å². The molecule has 4 nitrogen and oxygen atoms in total. The van der Waals surface area contributed by atoms with Gasteiger partial charge in [-0.25, -0.2) is 4.98 Å². The number of hydrogen-bond acceptors (Lipinski definition) is 3. The molecular weight excluding hydrogens is 296 g/mol. The molecule has 1 heterocycles. The minimum atomic E-state index is -0.189. The van der Waals surface area contributed by atoms with E-state index in [9.17, 15) is 4.79 Å². The molecule has 0 atom stereocenters. The maximum absolute atomic E-state index is 11.5. The molecule has 0 aliphatic heterocycles. The van der Waals surface area contributed by atoms with Crippen LogP contribution in [-0.4, -0.2) is 16.6 Å². The van der Waals surface area contributed by atoms with Crippen molar-refractivity contribution >= 4 is 15.9 Å². The van der Waals surface area contributed by atoms with Crippen LogP contribution < -0.4 is 10.3 Å². The van der Waals surface area contributed by atoms with Crippen LogP contribution in [0, 0.1) is 0 Å². The Kier molecular flexibility index (Phi) is 4.15. The summed E-state index contributed by atoms with van der Waals surface area (Å²) in [6, 6.07) is 7.48. The van der Waals surface area contributed by atoms with Crippen LogP contribution in [0.5, 0.6) is 5.75 Å². The zero-order valence-electron chi connectivity index (χ0n) is 9.94. The van der Waals surface area contributed by atoms with E-state index in [1.165, 1.54) is 6.20 Å². The first kappa shape index (κ1) is 12.8. The molecule has 0 unspecified atom stereocenters. The van der Waals surface area contributed by atoms with Crippen LogP contribution in [0.1, 0.15) is 13.3 Å². The lowest BCUT2D eigenvalue weighted by Crippen LogP contribution is -2.08. The number of rotatable bonds is 4. The third kappa shape index (κ3) is 2.98. The Morgan fingerprint density at radius 3 is 2.67 bits per heavy atom. The highest BCUT2D eigenvalue weighted by Crippen LogP contribution is 2.19. The Balaban J connectivity index is 2.23. The molecule has 2 aromatic rings. The van der Waals surface area contributed by atoms with E-state index in [-0.39, 0.29) is 5.56 Å². The molecule has 18 heavy (non-hydrogen) atoms. The SMILES string of the molecule is CCCOc1ccc(-c2ncc(Br)c(=O)[nH]2)cc1. The molecule has 0 amide bonds. The average Bonchev–Trinajstić information content (AvgIpc) is 2.40. The summed E-state index contributed by atoms with van der Waals surface area (Å²) in [5.74, 6) is 1.37. The summed E-state index contributed by atoms with van der Waals surface area (Å²) in [5.41, 5.74) is 0.662. The second-order valence-electron chi connectivity index (χ2n) is 3.78. The van der Waals surface area contributed by atoms with Gasteiger partial charge in [0.15, 0.2) is 0 Å². The van der Waals surface area contributed by atoms with Gasteiger partial charge in [-0.05, 0) is 46.6 Å². The smallest absolute Gasteiger partial charge is 0.265 e. The van der Waals surface area contributed by atoms with E-state index in [0.717, 1.165) is 17.7 Å². The maximum Gasteiger partial charge on any atom is 0.265 e. The van der Waals surface area contributed by atoms with E-state index in [1.54, 1.807) is 0 Å². The number of nitrogens with one attached hydrogen (secondary N) is 1. The molecule has 0 spiro atoms. The van der Waals surface area contributed by atoms with Crippen LogP contribution in [-0.2, 0) is 0 Å². The van der Waals surface area contributed by atoms with Gasteiger partial charge in [0, 0.05) is 11.8 Å². The molecule has 1 N–H and O–H groups in total. The standard InChI is InChI=1S/C13H13BrN2O2/c1-2-7-18-10-5-3-9(4-6-10)12-15-8-11(14)13(17)16-12/h3-6,8H,2,7H2,1H3,(H,15,16,17). The molecule has 0 radical (unpaired) electrons. The lowest BCUT2D eigenvalue weighted by atomic mass is 10.2. The quantitative estimate of drug-likeness (QED) is 0.944. The topological polar surface area (TPSA) is 55.0 Å². The van der Waals surface area contributed by atoms with Crippen molar-refractivity contribution in [3.05, 3.63) is 45.3 Å². The lowest BCUT2D eigenvalue weighted by Gasteiger charge is -2.05. The molecule has 94 valence electrons. The van der Waals surface area contributed by atoms with Crippen LogP contribution in [0.2, 0.25) is 0 Å². The Bertz CT molecular complexity index is 578. The fourth-order valence-corrected chi connectivity index (χ4v) is 1.66. The summed E-state index contributed by atoms with van der Waals surface area (Å²) >= 11 is 3.12. The first-order chi connectivity index (χ1) is 8.70. The highest BCUT2D eigenvalue weighted by Gasteiger charge is 2.03. The predicted molar refractivity (Wildman–Crippen MR) is 73.8 cm³/mol. The lowest BCUT2D eigenvalue weighted by molar-refractivity contribution is 0.317. The van der Waals surface area contributed by atoms with Crippen LogP contribution in [0.15, 0.2) is 39.7 Å². The van der Waals surface area contributed by atoms with Gasteiger partial charge < -0.3 is 9.72 Å². The molecule has 0 saturated carbocycles. The number of halogens is 1. The summed E-state index contributed by atoms with van der Waals surface area (Å²) in [6.45, 7) is 2.76. The zero-order chi connectivity index (χ0) is 13.0. The number of aromatic amines is 1. The fourth-order valence-electron chi connectivity index (χ4n) is 1.46. The molecule has 1 aromatic carbocycles. The highest BCUT2D eigenvalue weighted by molar-refractivity contribution is 9.10. The van der Waals surface area contributed by atoms with Crippen molar-refractivity contribution in [1.29, 1.82) is 0 Å². The Morgan fingerprint density at radius 1 is 1.33 bits per heavy atom. The van der Waals surface area contributed by atoms with E-state index >= 15 is 0 Å². The predicted octanol–water partition coefficient (Wildman–Crippen LogP) is 2.99. The summed E-state index contributed by atoms with van der Waals surface area (Å²) in [5, 5.41) is 0. The average molecular weight is 309 g/mol. The van der Waals surface area contributed by atoms with Crippen LogP contribution in [0.4, 0.5) is 0 Å². The number of ether oxygens (including phenoxy) is 1. The van der Waals surface area contributed by atoms with E-state index in [1.807, 2.05) is 24.3 Å². The summed E-state index contributed by atoms with van der Waals surface area (Å²) in [4.78, 5) is 18.3. The van der Waals surface area contributed by atoms with Crippen LogP contribution in [0.25, 0.3) is 11.4 Å². The maximum atomic E-state index is 11.5. The Morgan fingerprint density at radius 2 is 2.06 bits per heavy atom. The highest BCUT2D eigenvalue weighted by atomic mass is 79.9. The van der Waals surface area contributed by atoms with Gasteiger partial charge in [-0.3, -0.25) is 4.79 Å². The van der Waals surface area contributed by atoms with Crippen molar-refractivity contribution in [2.75, 3.05) is 6.61 Å². The molecule has 0 bridgehead atoms. The molecule has 2 rings (SSSR count). The van der Waals surface area contributed by atoms with Gasteiger partial charge in [0.05, 0.1) is 6.61 Å². The minimum absolute atomic E-state index is 0.189. The van der Waals surface area contributed by atoms with E-state index in [2.05, 4.69) is 32.8 Å². The number of hydrogen-bond donors (Lipinski definition) is 1. The molecule has 0 aliphatic rings. The van der Waals surface area contributed by atoms with Crippen molar-refractivity contribution in [2.24, 2.45) is 0 Å². The van der Waals surface area contributed by atoms with Gasteiger partial charge in [0.25, 0.3) is 5.56 Å². The van der Waals surface area contributed by atoms with E-state index in [0.29, 0.717) is 16.9 Å². The van der Waals surface area contributed by atoms with Crippen LogP contribution in [0.3, 0.4) is 0 Å². The van der Waals surface area contributed by atoms with Gasteiger partial charge >= 0.3 is 0 Å². The molecule has 0 saturated heterocycles. The fraction of sp³-hybridized carbons (Fsp3) is 0.231. The monoisotopic (exact) mass is 308 g/mol. The molecule has 5 heteroatoms. The Hall–Kier alpha value is -1.62. The second-order valence-corrected chi connectivity index (χ2v) is 4.64. The van der Waals surface area contributed by atoms with Gasteiger partial charge in [-0.2, -0.15) is 0 Å². The van der Waals surface area contributed by atoms with Gasteiger partial charge in [0.2, 0.25) is 0 Å². The Labute approximate surface area is 113 Å². The number of aromatic nitrogens is 2. The van der Waals surface area contributed by atoms with Crippen molar-refractivity contribution in [3.63, 3.8) is 0 Å². The van der Waals surface area contributed by atoms with Crippen molar-refractivity contribution in [1.82, 2.24) is 9.97 Å². The minimum Gasteiger partial charge on any atom is -0.494 e. The number of nitrogens with zero attached hydrogens (tertiary/aromatic N) is 1. The third-order valence-electron chi connectivity index (χ3n) is 2.36. The first-order valence-electron chi connectivity index (χ1n) is 5.68. The normalized spacial score (nSPS) is 10.3. The molecule has 1 aromatic heterocycles. The van der Waals surface area contributed by atoms with Crippen molar-refractivity contribution in [3.8, 4) is 17.1 Å². The summed E-state index contributed by atoms with van der Waals surface area (Å²) in [6.07, 6.45) is 2.47. The van der Waals surface area contributed by atoms with Crippen molar-refractivity contribution < 1.29 is 4.74 Å². The molecule has 0 fully saturated rings.